The van der Waals surface area contributed by atoms with E-state index in [1.54, 1.807) is 11.3 Å². The second-order valence-corrected chi connectivity index (χ2v) is 7.89. The molecule has 1 heterocycles. The number of para-hydroxylation sites is 1. The van der Waals surface area contributed by atoms with Crippen LogP contribution >= 0.6 is 23.6 Å². The fraction of sp³-hybridized carbons (Fsp3) is 0.368. The van der Waals surface area contributed by atoms with Gasteiger partial charge in [0.2, 0.25) is 0 Å². The van der Waals surface area contributed by atoms with Crippen LogP contribution in [0.25, 0.3) is 0 Å². The van der Waals surface area contributed by atoms with Gasteiger partial charge in [0.15, 0.2) is 5.11 Å². The number of ether oxygens (including phenoxy) is 1. The molecule has 25 heavy (non-hydrogen) atoms. The van der Waals surface area contributed by atoms with E-state index in [9.17, 15) is 4.79 Å². The number of esters is 1. The summed E-state index contributed by atoms with van der Waals surface area (Å²) in [5.41, 5.74) is 3.94. The van der Waals surface area contributed by atoms with Gasteiger partial charge in [0, 0.05) is 10.6 Å². The molecule has 0 amide bonds. The lowest BCUT2D eigenvalue weighted by Gasteiger charge is -2.16. The van der Waals surface area contributed by atoms with E-state index in [0.717, 1.165) is 35.5 Å². The largest absolute Gasteiger partial charge is 0.465 e. The van der Waals surface area contributed by atoms with Gasteiger partial charge in [-0.25, -0.2) is 4.79 Å². The third-order valence-corrected chi connectivity index (χ3v) is 5.78. The predicted molar refractivity (Wildman–Crippen MR) is 108 cm³/mol. The van der Waals surface area contributed by atoms with E-state index in [0.29, 0.717) is 16.6 Å². The van der Waals surface area contributed by atoms with Gasteiger partial charge < -0.3 is 15.4 Å². The summed E-state index contributed by atoms with van der Waals surface area (Å²) in [6.45, 7) is 4.30. The second-order valence-electron chi connectivity index (χ2n) is 6.37. The Morgan fingerprint density at radius 2 is 2.00 bits per heavy atom. The third kappa shape index (κ3) is 3.70. The summed E-state index contributed by atoms with van der Waals surface area (Å²) in [5, 5.41) is 7.73. The summed E-state index contributed by atoms with van der Waals surface area (Å²) in [7, 11) is 1.42. The average Bonchev–Trinajstić information content (AvgIpc) is 3.15. The molecule has 0 saturated heterocycles. The van der Waals surface area contributed by atoms with Crippen LogP contribution < -0.4 is 10.6 Å². The highest BCUT2D eigenvalue weighted by Gasteiger charge is 2.27. The molecule has 1 aromatic heterocycles. The van der Waals surface area contributed by atoms with E-state index in [1.807, 2.05) is 18.2 Å². The number of carbonyl (C=O) groups is 1. The Kier molecular flexibility index (Phi) is 5.39. The van der Waals surface area contributed by atoms with E-state index in [-0.39, 0.29) is 5.97 Å². The minimum atomic E-state index is -0.299. The number of carbonyl (C=O) groups excluding carboxylic acids is 1. The number of benzene rings is 1. The topological polar surface area (TPSA) is 50.4 Å². The smallest absolute Gasteiger partial charge is 0.341 e. The molecular weight excluding hydrogens is 352 g/mol. The Morgan fingerprint density at radius 1 is 1.24 bits per heavy atom. The van der Waals surface area contributed by atoms with Crippen molar-refractivity contribution in [3.8, 4) is 0 Å². The first kappa shape index (κ1) is 17.9. The van der Waals surface area contributed by atoms with Crippen molar-refractivity contribution in [1.82, 2.24) is 0 Å². The highest BCUT2D eigenvalue weighted by atomic mass is 32.1. The molecule has 1 aromatic carbocycles. The maximum Gasteiger partial charge on any atom is 0.341 e. The minimum Gasteiger partial charge on any atom is -0.465 e. The number of fused-ring (bicyclic) bond motifs is 1. The van der Waals surface area contributed by atoms with Gasteiger partial charge in [-0.3, -0.25) is 0 Å². The molecule has 2 aromatic rings. The molecule has 2 N–H and O–H groups in total. The maximum atomic E-state index is 12.2. The molecule has 4 nitrogen and oxygen atoms in total. The van der Waals surface area contributed by atoms with Gasteiger partial charge in [-0.05, 0) is 54.6 Å². The lowest BCUT2D eigenvalue weighted by molar-refractivity contribution is 0.0601. The molecule has 1 aliphatic rings. The number of nitrogens with one attached hydrogen (secondary N) is 2. The Hall–Kier alpha value is -1.92. The van der Waals surface area contributed by atoms with Crippen molar-refractivity contribution >= 4 is 45.3 Å². The fourth-order valence-corrected chi connectivity index (χ4v) is 4.74. The summed E-state index contributed by atoms with van der Waals surface area (Å²) in [6.07, 6.45) is 3.03. The van der Waals surface area contributed by atoms with Crippen molar-refractivity contribution < 1.29 is 9.53 Å². The van der Waals surface area contributed by atoms with Crippen LogP contribution in [0.3, 0.4) is 0 Å². The zero-order valence-electron chi connectivity index (χ0n) is 14.6. The van der Waals surface area contributed by atoms with Crippen molar-refractivity contribution in [3.05, 3.63) is 45.8 Å². The predicted octanol–water partition coefficient (Wildman–Crippen LogP) is 4.96. The van der Waals surface area contributed by atoms with Gasteiger partial charge in [0.1, 0.15) is 5.00 Å². The minimum absolute atomic E-state index is 0.299. The first-order valence-corrected chi connectivity index (χ1v) is 9.63. The molecule has 0 radical (unpaired) electrons. The number of aryl methyl sites for hydroxylation is 1. The normalized spacial score (nSPS) is 12.8. The third-order valence-electron chi connectivity index (χ3n) is 4.37. The fourth-order valence-electron chi connectivity index (χ4n) is 3.18. The maximum absolute atomic E-state index is 12.2. The number of rotatable bonds is 4. The number of anilines is 2. The van der Waals surface area contributed by atoms with Gasteiger partial charge >= 0.3 is 5.97 Å². The summed E-state index contributed by atoms with van der Waals surface area (Å²) >= 11 is 7.09. The van der Waals surface area contributed by atoms with Gasteiger partial charge in [-0.15, -0.1) is 11.3 Å². The Morgan fingerprint density at radius 3 is 2.72 bits per heavy atom. The lowest BCUT2D eigenvalue weighted by Crippen LogP contribution is -2.21. The van der Waals surface area contributed by atoms with Crippen LogP contribution in [0.2, 0.25) is 0 Å². The lowest BCUT2D eigenvalue weighted by atomic mass is 10.0. The van der Waals surface area contributed by atoms with Gasteiger partial charge in [0.05, 0.1) is 12.7 Å². The number of thiophene rings is 1. The molecule has 0 spiro atoms. The second kappa shape index (κ2) is 7.54. The number of methoxy groups -OCH3 is 1. The number of thiocarbonyl (C=S) groups is 1. The van der Waals surface area contributed by atoms with E-state index in [2.05, 4.69) is 30.5 Å². The van der Waals surface area contributed by atoms with Crippen molar-refractivity contribution in [2.45, 2.75) is 39.0 Å². The first-order chi connectivity index (χ1) is 12.0. The van der Waals surface area contributed by atoms with Crippen LogP contribution in [0, 0.1) is 0 Å². The van der Waals surface area contributed by atoms with Gasteiger partial charge in [-0.2, -0.15) is 0 Å². The standard InChI is InChI=1S/C19H22N2O2S2/c1-11(2)12-7-4-5-9-14(12)20-19(24)21-17-16(18(22)23-3)13-8-6-10-15(13)25-17/h4-5,7,9,11H,6,8,10H2,1-3H3,(H2,20,21,24). The average molecular weight is 375 g/mol. The van der Waals surface area contributed by atoms with Gasteiger partial charge in [0.25, 0.3) is 0 Å². The molecule has 0 unspecified atom stereocenters. The molecule has 132 valence electrons. The summed E-state index contributed by atoms with van der Waals surface area (Å²) < 4.78 is 4.98. The van der Waals surface area contributed by atoms with Crippen molar-refractivity contribution in [1.29, 1.82) is 0 Å². The summed E-state index contributed by atoms with van der Waals surface area (Å²) in [5.74, 6) is 0.0925. The van der Waals surface area contributed by atoms with E-state index in [1.165, 1.54) is 17.6 Å². The highest BCUT2D eigenvalue weighted by molar-refractivity contribution is 7.80. The Bertz CT molecular complexity index is 812. The quantitative estimate of drug-likeness (QED) is 0.585. The van der Waals surface area contributed by atoms with Crippen molar-refractivity contribution in [3.63, 3.8) is 0 Å². The van der Waals surface area contributed by atoms with Crippen LogP contribution in [-0.2, 0) is 17.6 Å². The first-order valence-electron chi connectivity index (χ1n) is 8.41. The molecular formula is C19H22N2O2S2. The van der Waals surface area contributed by atoms with E-state index >= 15 is 0 Å². The van der Waals surface area contributed by atoms with Crippen LogP contribution in [0.4, 0.5) is 10.7 Å². The van der Waals surface area contributed by atoms with Crippen LogP contribution in [0.1, 0.15) is 52.5 Å². The Labute approximate surface area is 157 Å². The zero-order valence-corrected chi connectivity index (χ0v) is 16.3. The molecule has 0 saturated carbocycles. The Balaban J connectivity index is 1.82. The number of hydrogen-bond acceptors (Lipinski definition) is 4. The van der Waals surface area contributed by atoms with Crippen LogP contribution in [0.15, 0.2) is 24.3 Å². The zero-order chi connectivity index (χ0) is 18.0. The van der Waals surface area contributed by atoms with Crippen LogP contribution in [-0.4, -0.2) is 18.2 Å². The SMILES string of the molecule is COC(=O)c1c(NC(=S)Nc2ccccc2C(C)C)sc2c1CCC2. The van der Waals surface area contributed by atoms with Crippen molar-refractivity contribution in [2.75, 3.05) is 17.7 Å². The van der Waals surface area contributed by atoms with E-state index in [4.69, 9.17) is 17.0 Å². The molecule has 6 heteroatoms. The molecule has 0 bridgehead atoms. The van der Waals surface area contributed by atoms with Gasteiger partial charge in [-0.1, -0.05) is 32.0 Å². The van der Waals surface area contributed by atoms with E-state index < -0.39 is 0 Å². The molecule has 3 rings (SSSR count). The molecule has 0 fully saturated rings. The monoisotopic (exact) mass is 374 g/mol. The number of hydrogen-bond donors (Lipinski definition) is 2. The molecule has 0 aliphatic heterocycles. The van der Waals surface area contributed by atoms with Crippen molar-refractivity contribution in [2.24, 2.45) is 0 Å². The molecule has 1 aliphatic carbocycles. The highest BCUT2D eigenvalue weighted by Crippen LogP contribution is 2.39. The van der Waals surface area contributed by atoms with Crippen LogP contribution in [0.5, 0.6) is 0 Å². The summed E-state index contributed by atoms with van der Waals surface area (Å²) in [4.78, 5) is 13.5. The molecule has 0 atom stereocenters. The summed E-state index contributed by atoms with van der Waals surface area (Å²) in [6, 6.07) is 8.11.